The van der Waals surface area contributed by atoms with Gasteiger partial charge < -0.3 is 15.4 Å². The summed E-state index contributed by atoms with van der Waals surface area (Å²) in [6.45, 7) is 7.33. The minimum atomic E-state index is 0. The SMILES string of the molecule is CCCC1CC1NC(=NC)NCCCOC1CCN(Cc2ccccc2)CC1.I. The largest absolute Gasteiger partial charge is 0.378 e. The van der Waals surface area contributed by atoms with E-state index in [1.807, 2.05) is 7.05 Å². The highest BCUT2D eigenvalue weighted by Gasteiger charge is 2.36. The van der Waals surface area contributed by atoms with E-state index >= 15 is 0 Å². The predicted octanol–water partition coefficient (Wildman–Crippen LogP) is 4.03. The maximum Gasteiger partial charge on any atom is 0.191 e. The molecule has 1 aliphatic carbocycles. The monoisotopic (exact) mass is 514 g/mol. The van der Waals surface area contributed by atoms with E-state index in [4.69, 9.17) is 4.74 Å². The summed E-state index contributed by atoms with van der Waals surface area (Å²) in [4.78, 5) is 6.88. The number of rotatable bonds is 10. The third-order valence-electron chi connectivity index (χ3n) is 5.88. The maximum atomic E-state index is 6.11. The lowest BCUT2D eigenvalue weighted by Crippen LogP contribution is -2.40. The van der Waals surface area contributed by atoms with E-state index < -0.39 is 0 Å². The molecule has 2 atom stereocenters. The topological polar surface area (TPSA) is 48.9 Å². The Kier molecular flexibility index (Phi) is 11.3. The molecule has 29 heavy (non-hydrogen) atoms. The van der Waals surface area contributed by atoms with Crippen molar-refractivity contribution in [3.05, 3.63) is 35.9 Å². The lowest BCUT2D eigenvalue weighted by molar-refractivity contribution is 0.00534. The minimum absolute atomic E-state index is 0. The normalized spacial score (nSPS) is 22.8. The molecule has 1 aliphatic heterocycles. The lowest BCUT2D eigenvalue weighted by Gasteiger charge is -2.32. The molecule has 5 nitrogen and oxygen atoms in total. The number of nitrogens with zero attached hydrogens (tertiary/aromatic N) is 2. The van der Waals surface area contributed by atoms with Crippen molar-refractivity contribution in [2.24, 2.45) is 10.9 Å². The summed E-state index contributed by atoms with van der Waals surface area (Å²) in [6.07, 6.45) is 7.62. The van der Waals surface area contributed by atoms with Gasteiger partial charge in [-0.05, 0) is 43.6 Å². The van der Waals surface area contributed by atoms with Crippen LogP contribution in [0, 0.1) is 5.92 Å². The van der Waals surface area contributed by atoms with Crippen molar-refractivity contribution < 1.29 is 4.74 Å². The van der Waals surface area contributed by atoms with Crippen LogP contribution in [-0.4, -0.2) is 56.3 Å². The van der Waals surface area contributed by atoms with Gasteiger partial charge >= 0.3 is 0 Å². The van der Waals surface area contributed by atoms with Gasteiger partial charge in [-0.15, -0.1) is 24.0 Å². The number of likely N-dealkylation sites (tertiary alicyclic amines) is 1. The molecule has 0 aromatic heterocycles. The van der Waals surface area contributed by atoms with Crippen LogP contribution in [0.25, 0.3) is 0 Å². The number of hydrogen-bond acceptors (Lipinski definition) is 3. The van der Waals surface area contributed by atoms with Crippen LogP contribution in [0.1, 0.15) is 51.0 Å². The number of ether oxygens (including phenoxy) is 1. The smallest absolute Gasteiger partial charge is 0.191 e. The van der Waals surface area contributed by atoms with Crippen molar-refractivity contribution >= 4 is 29.9 Å². The maximum absolute atomic E-state index is 6.11. The minimum Gasteiger partial charge on any atom is -0.378 e. The molecule has 2 unspecified atom stereocenters. The number of guanidine groups is 1. The fourth-order valence-electron chi connectivity index (χ4n) is 4.09. The molecule has 3 rings (SSSR count). The summed E-state index contributed by atoms with van der Waals surface area (Å²) >= 11 is 0. The molecule has 1 saturated carbocycles. The van der Waals surface area contributed by atoms with Crippen molar-refractivity contribution in [1.29, 1.82) is 0 Å². The van der Waals surface area contributed by atoms with Gasteiger partial charge in [0.15, 0.2) is 5.96 Å². The molecule has 0 spiro atoms. The lowest BCUT2D eigenvalue weighted by atomic mass is 10.1. The van der Waals surface area contributed by atoms with Gasteiger partial charge in [0.05, 0.1) is 6.10 Å². The predicted molar refractivity (Wildman–Crippen MR) is 132 cm³/mol. The highest BCUT2D eigenvalue weighted by atomic mass is 127. The van der Waals surface area contributed by atoms with Crippen molar-refractivity contribution in [3.8, 4) is 0 Å². The van der Waals surface area contributed by atoms with Crippen molar-refractivity contribution in [3.63, 3.8) is 0 Å². The van der Waals surface area contributed by atoms with Crippen molar-refractivity contribution in [2.45, 2.75) is 64.1 Å². The summed E-state index contributed by atoms with van der Waals surface area (Å²) in [6, 6.07) is 11.4. The number of halogens is 1. The van der Waals surface area contributed by atoms with Crippen LogP contribution >= 0.6 is 24.0 Å². The fourth-order valence-corrected chi connectivity index (χ4v) is 4.09. The fraction of sp³-hybridized carbons (Fsp3) is 0.696. The molecule has 2 aliphatic rings. The molecule has 1 saturated heterocycles. The Morgan fingerprint density at radius 2 is 1.97 bits per heavy atom. The second kappa shape index (κ2) is 13.4. The first-order valence-electron chi connectivity index (χ1n) is 11.1. The Balaban J connectivity index is 0.00000300. The third-order valence-corrected chi connectivity index (χ3v) is 5.88. The summed E-state index contributed by atoms with van der Waals surface area (Å²) in [5, 5.41) is 6.96. The quantitative estimate of drug-likeness (QED) is 0.214. The van der Waals surface area contributed by atoms with Gasteiger partial charge in [-0.1, -0.05) is 43.7 Å². The highest BCUT2D eigenvalue weighted by Crippen LogP contribution is 2.34. The van der Waals surface area contributed by atoms with E-state index in [-0.39, 0.29) is 24.0 Å². The zero-order valence-electron chi connectivity index (χ0n) is 18.1. The molecule has 1 aromatic carbocycles. The van der Waals surface area contributed by atoms with Gasteiger partial charge in [-0.2, -0.15) is 0 Å². The molecule has 2 N–H and O–H groups in total. The molecule has 6 heteroatoms. The Bertz CT molecular complexity index is 590. The summed E-state index contributed by atoms with van der Waals surface area (Å²) in [7, 11) is 1.85. The molecule has 0 amide bonds. The molecule has 0 bridgehead atoms. The van der Waals surface area contributed by atoms with E-state index in [0.29, 0.717) is 12.1 Å². The Morgan fingerprint density at radius 3 is 2.66 bits per heavy atom. The van der Waals surface area contributed by atoms with Gasteiger partial charge in [0.2, 0.25) is 0 Å². The van der Waals surface area contributed by atoms with Crippen molar-refractivity contribution in [1.82, 2.24) is 15.5 Å². The van der Waals surface area contributed by atoms with Gasteiger partial charge in [0.25, 0.3) is 0 Å². The number of benzene rings is 1. The van der Waals surface area contributed by atoms with Gasteiger partial charge in [0, 0.05) is 45.9 Å². The van der Waals surface area contributed by atoms with E-state index in [2.05, 4.69) is 57.8 Å². The van der Waals surface area contributed by atoms with Crippen LogP contribution in [0.3, 0.4) is 0 Å². The van der Waals surface area contributed by atoms with Crippen LogP contribution < -0.4 is 10.6 Å². The average molecular weight is 514 g/mol. The molecular weight excluding hydrogens is 475 g/mol. The molecule has 2 fully saturated rings. The molecule has 0 radical (unpaired) electrons. The zero-order valence-corrected chi connectivity index (χ0v) is 20.4. The van der Waals surface area contributed by atoms with Crippen LogP contribution in [0.5, 0.6) is 0 Å². The zero-order chi connectivity index (χ0) is 19.6. The first kappa shape index (κ1) is 24.4. The first-order chi connectivity index (χ1) is 13.8. The van der Waals surface area contributed by atoms with Crippen LogP contribution in [0.4, 0.5) is 0 Å². The molecule has 1 heterocycles. The standard InChI is InChI=1S/C23H38N4O.HI/c1-3-8-20-17-22(20)26-23(24-2)25-13-7-16-28-21-11-14-27(15-12-21)18-19-9-5-4-6-10-19;/h4-6,9-10,20-22H,3,7-8,11-18H2,1-2H3,(H2,24,25,26);1H. The average Bonchev–Trinajstić information content (AvgIpc) is 3.46. The Morgan fingerprint density at radius 1 is 1.21 bits per heavy atom. The number of nitrogens with one attached hydrogen (secondary N) is 2. The third kappa shape index (κ3) is 8.80. The van der Waals surface area contributed by atoms with Gasteiger partial charge in [-0.3, -0.25) is 9.89 Å². The second-order valence-corrected chi connectivity index (χ2v) is 8.22. The Labute approximate surface area is 194 Å². The van der Waals surface area contributed by atoms with Gasteiger partial charge in [-0.25, -0.2) is 0 Å². The summed E-state index contributed by atoms with van der Waals surface area (Å²) < 4.78 is 6.11. The number of aliphatic imine (C=N–C) groups is 1. The first-order valence-corrected chi connectivity index (χ1v) is 11.1. The van der Waals surface area contributed by atoms with Crippen molar-refractivity contribution in [2.75, 3.05) is 33.3 Å². The highest BCUT2D eigenvalue weighted by molar-refractivity contribution is 14.0. The second-order valence-electron chi connectivity index (χ2n) is 8.22. The van der Waals surface area contributed by atoms with E-state index in [0.717, 1.165) is 63.9 Å². The molecular formula is C23H39IN4O. The number of piperidine rings is 1. The van der Waals surface area contributed by atoms with E-state index in [9.17, 15) is 0 Å². The molecule has 1 aromatic rings. The van der Waals surface area contributed by atoms with E-state index in [1.165, 1.54) is 24.8 Å². The van der Waals surface area contributed by atoms with Crippen LogP contribution in [-0.2, 0) is 11.3 Å². The van der Waals surface area contributed by atoms with Crippen LogP contribution in [0.2, 0.25) is 0 Å². The molecule has 164 valence electrons. The Hall–Kier alpha value is -0.860. The van der Waals surface area contributed by atoms with Crippen LogP contribution in [0.15, 0.2) is 35.3 Å². The number of hydrogen-bond donors (Lipinski definition) is 2. The summed E-state index contributed by atoms with van der Waals surface area (Å²) in [5.74, 6) is 1.79. The van der Waals surface area contributed by atoms with Gasteiger partial charge in [0.1, 0.15) is 0 Å². The van der Waals surface area contributed by atoms with E-state index in [1.54, 1.807) is 0 Å². The summed E-state index contributed by atoms with van der Waals surface area (Å²) in [5.41, 5.74) is 1.40.